The van der Waals surface area contributed by atoms with Crippen molar-refractivity contribution in [2.24, 2.45) is 23.7 Å². The van der Waals surface area contributed by atoms with Crippen LogP contribution in [0.15, 0.2) is 35.9 Å². The third-order valence-electron chi connectivity index (χ3n) is 7.22. The summed E-state index contributed by atoms with van der Waals surface area (Å²) in [5, 5.41) is 11.8. The molecule has 3 aliphatic rings. The first-order valence-electron chi connectivity index (χ1n) is 10.1. The molecule has 5 heteroatoms. The van der Waals surface area contributed by atoms with Crippen molar-refractivity contribution in [3.8, 4) is 5.75 Å². The number of hydrogen-bond acceptors (Lipinski definition) is 5. The zero-order chi connectivity index (χ0) is 20.1. The Balaban J connectivity index is 1.71. The van der Waals surface area contributed by atoms with Crippen LogP contribution in [-0.4, -0.2) is 43.1 Å². The monoisotopic (exact) mass is 386 g/mol. The summed E-state index contributed by atoms with van der Waals surface area (Å²) in [6, 6.07) is 7.61. The number of fused-ring (bicyclic) bond motifs is 3. The van der Waals surface area contributed by atoms with Gasteiger partial charge in [-0.25, -0.2) is 0 Å². The first-order chi connectivity index (χ1) is 13.3. The van der Waals surface area contributed by atoms with E-state index in [0.717, 1.165) is 17.7 Å². The van der Waals surface area contributed by atoms with E-state index in [-0.39, 0.29) is 29.5 Å². The van der Waals surface area contributed by atoms with Crippen LogP contribution >= 0.6 is 0 Å². The number of Topliss-reactive ketones (excluding diaryl/α,β-unsaturated/α-hetero) is 1. The van der Waals surface area contributed by atoms with Crippen molar-refractivity contribution < 1.29 is 24.1 Å². The number of hydrogen-bond donors (Lipinski definition) is 1. The van der Waals surface area contributed by atoms with Crippen LogP contribution < -0.4 is 4.74 Å². The Morgan fingerprint density at radius 2 is 1.96 bits per heavy atom. The highest BCUT2D eigenvalue weighted by Crippen LogP contribution is 2.56. The fourth-order valence-corrected chi connectivity index (χ4v) is 5.89. The van der Waals surface area contributed by atoms with Gasteiger partial charge in [0.15, 0.2) is 11.6 Å². The summed E-state index contributed by atoms with van der Waals surface area (Å²) in [6.45, 7) is 4.58. The molecule has 152 valence electrons. The van der Waals surface area contributed by atoms with Crippen molar-refractivity contribution in [1.82, 2.24) is 0 Å². The predicted octanol–water partition coefficient (Wildman–Crippen LogP) is 3.15. The summed E-state index contributed by atoms with van der Waals surface area (Å²) >= 11 is 0. The van der Waals surface area contributed by atoms with Gasteiger partial charge in [-0.2, -0.15) is 0 Å². The van der Waals surface area contributed by atoms with Crippen LogP contribution in [0, 0.1) is 23.7 Å². The van der Waals surface area contributed by atoms with E-state index in [2.05, 4.69) is 13.0 Å². The van der Waals surface area contributed by atoms with Gasteiger partial charge >= 0.3 is 0 Å². The molecular formula is C23H30O5. The Kier molecular flexibility index (Phi) is 4.89. The molecular weight excluding hydrogens is 356 g/mol. The van der Waals surface area contributed by atoms with Gasteiger partial charge in [-0.3, -0.25) is 4.79 Å². The number of aliphatic hydroxyl groups is 1. The van der Waals surface area contributed by atoms with Crippen LogP contribution in [0.2, 0.25) is 0 Å². The number of ether oxygens (including phenoxy) is 3. The normalized spacial score (nSPS) is 39.9. The van der Waals surface area contributed by atoms with Gasteiger partial charge in [-0.1, -0.05) is 23.8 Å². The second kappa shape index (κ2) is 6.97. The standard InChI is InChI=1S/C23H30O5/c1-14-11-16-7-10-19(24)23(25,12-15-5-8-17(26-3)9-6-15)21(16)18-13-28-22(2,27-4)20(14)18/h5-6,8-9,11,16,18,20-21,25H,7,10,12-13H2,1-4H3/t16-,18-,20-,21-,22+,23-/m1/s1. The molecule has 2 aliphatic carbocycles. The Bertz CT molecular complexity index is 785. The molecule has 0 aromatic heterocycles. The van der Waals surface area contributed by atoms with E-state index in [1.54, 1.807) is 14.2 Å². The van der Waals surface area contributed by atoms with Crippen molar-refractivity contribution in [3.05, 3.63) is 41.5 Å². The lowest BCUT2D eigenvalue weighted by molar-refractivity contribution is -0.197. The molecule has 0 radical (unpaired) electrons. The molecule has 0 spiro atoms. The van der Waals surface area contributed by atoms with E-state index in [1.807, 2.05) is 31.2 Å². The van der Waals surface area contributed by atoms with E-state index in [9.17, 15) is 9.90 Å². The third-order valence-corrected chi connectivity index (χ3v) is 7.22. The van der Waals surface area contributed by atoms with Crippen molar-refractivity contribution >= 4 is 5.78 Å². The highest BCUT2D eigenvalue weighted by Gasteiger charge is 2.61. The lowest BCUT2D eigenvalue weighted by Crippen LogP contribution is -2.59. The van der Waals surface area contributed by atoms with E-state index >= 15 is 0 Å². The summed E-state index contributed by atoms with van der Waals surface area (Å²) in [6.07, 6.45) is 3.77. The van der Waals surface area contributed by atoms with Crippen molar-refractivity contribution in [1.29, 1.82) is 0 Å². The largest absolute Gasteiger partial charge is 0.497 e. The van der Waals surface area contributed by atoms with Gasteiger partial charge in [0.2, 0.25) is 0 Å². The van der Waals surface area contributed by atoms with E-state index in [0.29, 0.717) is 19.4 Å². The predicted molar refractivity (Wildman–Crippen MR) is 105 cm³/mol. The minimum atomic E-state index is -1.39. The van der Waals surface area contributed by atoms with Gasteiger partial charge in [0, 0.05) is 37.7 Å². The highest BCUT2D eigenvalue weighted by molar-refractivity contribution is 5.89. The number of allylic oxidation sites excluding steroid dienone is 1. The first kappa shape index (κ1) is 19.6. The van der Waals surface area contributed by atoms with Gasteiger partial charge in [-0.15, -0.1) is 0 Å². The molecule has 1 aromatic carbocycles. The Labute approximate surface area is 166 Å². The summed E-state index contributed by atoms with van der Waals surface area (Å²) in [5.41, 5.74) is 0.794. The second-order valence-electron chi connectivity index (χ2n) is 8.68. The maximum Gasteiger partial charge on any atom is 0.171 e. The van der Waals surface area contributed by atoms with Gasteiger partial charge in [0.05, 0.1) is 13.7 Å². The van der Waals surface area contributed by atoms with Crippen LogP contribution in [0.25, 0.3) is 0 Å². The van der Waals surface area contributed by atoms with E-state index in [1.165, 1.54) is 5.57 Å². The maximum absolute atomic E-state index is 13.0. The van der Waals surface area contributed by atoms with Crippen LogP contribution in [0.3, 0.4) is 0 Å². The number of carbonyl (C=O) groups is 1. The second-order valence-corrected chi connectivity index (χ2v) is 8.68. The molecule has 5 nitrogen and oxygen atoms in total. The maximum atomic E-state index is 13.0. The molecule has 4 rings (SSSR count). The molecule has 1 saturated heterocycles. The summed E-state index contributed by atoms with van der Waals surface area (Å²) in [4.78, 5) is 13.0. The number of methoxy groups -OCH3 is 2. The third kappa shape index (κ3) is 2.92. The Morgan fingerprint density at radius 1 is 1.25 bits per heavy atom. The van der Waals surface area contributed by atoms with Crippen LogP contribution in [-0.2, 0) is 20.7 Å². The smallest absolute Gasteiger partial charge is 0.171 e. The highest BCUT2D eigenvalue weighted by atomic mass is 16.7. The zero-order valence-electron chi connectivity index (χ0n) is 17.1. The van der Waals surface area contributed by atoms with Crippen LogP contribution in [0.5, 0.6) is 5.75 Å². The molecule has 1 aromatic rings. The lowest BCUT2D eigenvalue weighted by atomic mass is 9.55. The average molecular weight is 386 g/mol. The average Bonchev–Trinajstić information content (AvgIpc) is 3.04. The molecule has 28 heavy (non-hydrogen) atoms. The van der Waals surface area contributed by atoms with Crippen LogP contribution in [0.1, 0.15) is 32.3 Å². The molecule has 1 saturated carbocycles. The topological polar surface area (TPSA) is 65.0 Å². The van der Waals surface area contributed by atoms with E-state index < -0.39 is 11.4 Å². The molecule has 6 atom stereocenters. The molecule has 1 N–H and O–H groups in total. The quantitative estimate of drug-likeness (QED) is 0.806. The molecule has 1 heterocycles. The fourth-order valence-electron chi connectivity index (χ4n) is 5.89. The molecule has 2 fully saturated rings. The minimum absolute atomic E-state index is 0.0482. The Morgan fingerprint density at radius 3 is 2.61 bits per heavy atom. The molecule has 0 bridgehead atoms. The van der Waals surface area contributed by atoms with Gasteiger partial charge in [0.25, 0.3) is 0 Å². The van der Waals surface area contributed by atoms with Crippen molar-refractivity contribution in [2.45, 2.75) is 44.5 Å². The van der Waals surface area contributed by atoms with Crippen LogP contribution in [0.4, 0.5) is 0 Å². The molecule has 1 aliphatic heterocycles. The molecule has 0 unspecified atom stereocenters. The lowest BCUT2D eigenvalue weighted by Gasteiger charge is -2.50. The van der Waals surface area contributed by atoms with Gasteiger partial charge in [-0.05, 0) is 43.9 Å². The van der Waals surface area contributed by atoms with Crippen molar-refractivity contribution in [2.75, 3.05) is 20.8 Å². The number of ketones is 1. The first-order valence-corrected chi connectivity index (χ1v) is 10.1. The number of carbonyl (C=O) groups excluding carboxylic acids is 1. The Hall–Kier alpha value is -1.69. The fraction of sp³-hybridized carbons (Fsp3) is 0.609. The van der Waals surface area contributed by atoms with Crippen molar-refractivity contribution in [3.63, 3.8) is 0 Å². The van der Waals surface area contributed by atoms with Gasteiger partial charge in [0.1, 0.15) is 11.4 Å². The molecule has 0 amide bonds. The van der Waals surface area contributed by atoms with E-state index in [4.69, 9.17) is 14.2 Å². The summed E-state index contributed by atoms with van der Waals surface area (Å²) in [7, 11) is 3.29. The number of rotatable bonds is 4. The summed E-state index contributed by atoms with van der Waals surface area (Å²) in [5.74, 6) is 0.130. The van der Waals surface area contributed by atoms with Gasteiger partial charge < -0.3 is 19.3 Å². The SMILES string of the molecule is COc1ccc(C[C@@]2(O)C(=O)CC[C@@H]3C=C(C)[C@@H]4[C@@H](CO[C@]4(C)OC)[C@@H]32)cc1. The number of benzene rings is 1. The minimum Gasteiger partial charge on any atom is -0.497 e. The summed E-state index contributed by atoms with van der Waals surface area (Å²) < 4.78 is 17.0. The zero-order valence-corrected chi connectivity index (χ0v) is 17.1.